The topological polar surface area (TPSA) is 136 Å². The molecule has 5 N–H and O–H groups in total. The summed E-state index contributed by atoms with van der Waals surface area (Å²) in [5, 5.41) is 18.0. The first-order valence-electron chi connectivity index (χ1n) is 11.8. The van der Waals surface area contributed by atoms with Crippen molar-refractivity contribution in [2.45, 2.75) is 38.3 Å². The molecule has 0 spiro atoms. The Morgan fingerprint density at radius 2 is 2.03 bits per heavy atom. The summed E-state index contributed by atoms with van der Waals surface area (Å²) in [5.74, 6) is 0.393. The maximum Gasteiger partial charge on any atom is 0.273 e. The Hall–Kier alpha value is -3.76. The molecule has 0 bridgehead atoms. The van der Waals surface area contributed by atoms with E-state index in [1.807, 2.05) is 36.4 Å². The van der Waals surface area contributed by atoms with E-state index < -0.39 is 5.91 Å². The van der Waals surface area contributed by atoms with Gasteiger partial charge in [-0.05, 0) is 61.6 Å². The Balaban J connectivity index is 1.47. The van der Waals surface area contributed by atoms with Crippen LogP contribution in [0.3, 0.4) is 0 Å². The number of rotatable bonds is 7. The number of ether oxygens (including phenoxy) is 2. The lowest BCUT2D eigenvalue weighted by atomic mass is 9.99. The molecular formula is C25H29N7O3. The molecule has 2 aliphatic heterocycles. The summed E-state index contributed by atoms with van der Waals surface area (Å²) in [4.78, 5) is 16.7. The highest BCUT2D eigenvalue weighted by atomic mass is 16.5. The highest BCUT2D eigenvalue weighted by Gasteiger charge is 2.22. The van der Waals surface area contributed by atoms with E-state index in [1.54, 1.807) is 7.11 Å². The average molecular weight is 476 g/mol. The lowest BCUT2D eigenvalue weighted by Gasteiger charge is -2.25. The normalized spacial score (nSPS) is 17.3. The summed E-state index contributed by atoms with van der Waals surface area (Å²) in [6, 6.07) is 11.9. The third kappa shape index (κ3) is 5.03. The Bertz CT molecular complexity index is 1230. The number of carbonyl (C=O) groups is 1. The van der Waals surface area contributed by atoms with Crippen molar-refractivity contribution in [2.24, 2.45) is 5.73 Å². The van der Waals surface area contributed by atoms with Crippen LogP contribution in [0.25, 0.3) is 0 Å². The van der Waals surface area contributed by atoms with Gasteiger partial charge in [0.1, 0.15) is 5.75 Å². The van der Waals surface area contributed by atoms with E-state index in [-0.39, 0.29) is 23.6 Å². The van der Waals surface area contributed by atoms with Crippen molar-refractivity contribution >= 4 is 29.0 Å². The molecule has 3 aromatic rings. The van der Waals surface area contributed by atoms with Crippen LogP contribution in [0.15, 0.2) is 36.4 Å². The van der Waals surface area contributed by atoms with Gasteiger partial charge in [0.2, 0.25) is 5.95 Å². The number of fused-ring (bicyclic) bond motifs is 1. The number of benzene rings is 2. The molecular weight excluding hydrogens is 446 g/mol. The highest BCUT2D eigenvalue weighted by molar-refractivity contribution is 5.96. The number of hydrogen-bond acceptors (Lipinski definition) is 9. The Kier molecular flexibility index (Phi) is 6.73. The van der Waals surface area contributed by atoms with Gasteiger partial charge in [0.05, 0.1) is 18.9 Å². The molecule has 10 heteroatoms. The third-order valence-electron chi connectivity index (χ3n) is 6.32. The molecule has 5 rings (SSSR count). The van der Waals surface area contributed by atoms with Gasteiger partial charge in [0.25, 0.3) is 5.91 Å². The molecule has 1 unspecified atom stereocenters. The van der Waals surface area contributed by atoms with Crippen molar-refractivity contribution in [3.05, 3.63) is 58.8 Å². The van der Waals surface area contributed by atoms with Crippen molar-refractivity contribution < 1.29 is 14.3 Å². The number of primary amides is 1. The monoisotopic (exact) mass is 475 g/mol. The van der Waals surface area contributed by atoms with Crippen LogP contribution in [0.1, 0.15) is 52.5 Å². The van der Waals surface area contributed by atoms with Gasteiger partial charge in [0, 0.05) is 24.4 Å². The van der Waals surface area contributed by atoms with Gasteiger partial charge in [-0.1, -0.05) is 18.2 Å². The Labute approximate surface area is 203 Å². The largest absolute Gasteiger partial charge is 0.495 e. The van der Waals surface area contributed by atoms with E-state index in [9.17, 15) is 4.79 Å². The summed E-state index contributed by atoms with van der Waals surface area (Å²) in [5.41, 5.74) is 10.5. The second-order valence-electron chi connectivity index (χ2n) is 8.64. The number of carbonyl (C=O) groups excluding carboxylic acids is 1. The van der Waals surface area contributed by atoms with Gasteiger partial charge in [-0.2, -0.15) is 4.98 Å². The van der Waals surface area contributed by atoms with Gasteiger partial charge >= 0.3 is 0 Å². The molecule has 1 amide bonds. The fourth-order valence-electron chi connectivity index (χ4n) is 4.53. The molecule has 1 saturated heterocycles. The first kappa shape index (κ1) is 23.0. The first-order chi connectivity index (χ1) is 17.1. The van der Waals surface area contributed by atoms with E-state index in [4.69, 9.17) is 15.2 Å². The number of nitrogens with zero attached hydrogens (tertiary/aromatic N) is 3. The number of hydrogen-bond donors (Lipinski definition) is 4. The molecule has 1 atom stereocenters. The van der Waals surface area contributed by atoms with Crippen LogP contribution in [-0.2, 0) is 17.7 Å². The molecule has 182 valence electrons. The summed E-state index contributed by atoms with van der Waals surface area (Å²) < 4.78 is 11.6. The number of amides is 1. The number of nitrogens with two attached hydrogens (primary N) is 1. The number of aromatic nitrogens is 3. The van der Waals surface area contributed by atoms with Crippen molar-refractivity contribution in [3.8, 4) is 5.75 Å². The summed E-state index contributed by atoms with van der Waals surface area (Å²) in [6.45, 7) is 2.45. The highest BCUT2D eigenvalue weighted by Crippen LogP contribution is 2.35. The predicted octanol–water partition coefficient (Wildman–Crippen LogP) is 3.35. The Morgan fingerprint density at radius 3 is 2.83 bits per heavy atom. The number of para-hydroxylation sites is 1. The zero-order valence-electron chi connectivity index (χ0n) is 19.6. The van der Waals surface area contributed by atoms with Crippen LogP contribution < -0.4 is 26.4 Å². The van der Waals surface area contributed by atoms with Crippen LogP contribution in [0, 0.1) is 0 Å². The lowest BCUT2D eigenvalue weighted by Crippen LogP contribution is -2.23. The predicted molar refractivity (Wildman–Crippen MR) is 132 cm³/mol. The smallest absolute Gasteiger partial charge is 0.273 e. The molecule has 35 heavy (non-hydrogen) atoms. The van der Waals surface area contributed by atoms with Gasteiger partial charge in [0.15, 0.2) is 11.5 Å². The Morgan fingerprint density at radius 1 is 1.14 bits per heavy atom. The van der Waals surface area contributed by atoms with Crippen LogP contribution in [0.4, 0.5) is 23.1 Å². The van der Waals surface area contributed by atoms with Crippen LogP contribution in [0.2, 0.25) is 0 Å². The molecule has 0 radical (unpaired) electrons. The van der Waals surface area contributed by atoms with Crippen molar-refractivity contribution in [3.63, 3.8) is 0 Å². The minimum atomic E-state index is -0.718. The van der Waals surface area contributed by atoms with Crippen molar-refractivity contribution in [2.75, 3.05) is 30.9 Å². The fraction of sp³-hybridized carbons (Fsp3) is 0.360. The lowest BCUT2D eigenvalue weighted by molar-refractivity contribution is 0.0154. The number of nitrogens with one attached hydrogen (secondary N) is 3. The van der Waals surface area contributed by atoms with E-state index in [0.29, 0.717) is 5.75 Å². The minimum absolute atomic E-state index is 0.0221. The quantitative estimate of drug-likeness (QED) is 0.405. The van der Waals surface area contributed by atoms with E-state index in [1.165, 1.54) is 11.1 Å². The maximum absolute atomic E-state index is 12.1. The minimum Gasteiger partial charge on any atom is -0.495 e. The van der Waals surface area contributed by atoms with E-state index in [2.05, 4.69) is 31.1 Å². The van der Waals surface area contributed by atoms with Gasteiger partial charge in [-0.3, -0.25) is 4.79 Å². The molecule has 1 fully saturated rings. The number of methoxy groups -OCH3 is 1. The van der Waals surface area contributed by atoms with Crippen molar-refractivity contribution in [1.82, 2.24) is 20.5 Å². The van der Waals surface area contributed by atoms with Crippen LogP contribution in [-0.4, -0.2) is 41.3 Å². The van der Waals surface area contributed by atoms with Crippen LogP contribution in [0.5, 0.6) is 5.75 Å². The zero-order valence-corrected chi connectivity index (χ0v) is 19.6. The van der Waals surface area contributed by atoms with Crippen LogP contribution >= 0.6 is 0 Å². The van der Waals surface area contributed by atoms with Gasteiger partial charge in [-0.15, -0.1) is 10.2 Å². The molecule has 0 saturated carbocycles. The summed E-state index contributed by atoms with van der Waals surface area (Å²) >= 11 is 0. The second kappa shape index (κ2) is 10.2. The number of anilines is 4. The summed E-state index contributed by atoms with van der Waals surface area (Å²) in [7, 11) is 1.62. The molecule has 2 aromatic carbocycles. The third-order valence-corrected chi connectivity index (χ3v) is 6.32. The SMILES string of the molecule is COc1cc2c(cc1Nc1nnc(C(N)=O)c(Nc3ccccc3C3CCCCO3)n1)CCNC2. The second-order valence-corrected chi connectivity index (χ2v) is 8.64. The summed E-state index contributed by atoms with van der Waals surface area (Å²) in [6.07, 6.45) is 3.99. The fourth-order valence-corrected chi connectivity index (χ4v) is 4.53. The molecule has 0 aliphatic carbocycles. The van der Waals surface area contributed by atoms with Gasteiger partial charge < -0.3 is 31.2 Å². The average Bonchev–Trinajstić information content (AvgIpc) is 2.89. The molecule has 3 heterocycles. The zero-order chi connectivity index (χ0) is 24.2. The van der Waals surface area contributed by atoms with E-state index >= 15 is 0 Å². The van der Waals surface area contributed by atoms with E-state index in [0.717, 1.165) is 62.3 Å². The molecule has 1 aromatic heterocycles. The standard InChI is InChI=1S/C25H29N7O3/c1-34-21-13-16-14-27-10-9-15(16)12-19(21)29-25-30-24(22(23(26)33)31-32-25)28-18-7-3-2-6-17(18)20-8-4-5-11-35-20/h2-3,6-7,12-13,20,27H,4-5,8-11,14H2,1H3,(H2,26,33)(H2,28,29,30,32). The molecule has 10 nitrogen and oxygen atoms in total. The van der Waals surface area contributed by atoms with Crippen molar-refractivity contribution in [1.29, 1.82) is 0 Å². The maximum atomic E-state index is 12.1. The van der Waals surface area contributed by atoms with Gasteiger partial charge in [-0.25, -0.2) is 0 Å². The first-order valence-corrected chi connectivity index (χ1v) is 11.8. The molecule has 2 aliphatic rings.